The first-order chi connectivity index (χ1) is 7.72. The fraction of sp³-hybridized carbons (Fsp3) is 0.0769. The van der Waals surface area contributed by atoms with Gasteiger partial charge in [0.1, 0.15) is 0 Å². The zero-order valence-electron chi connectivity index (χ0n) is 8.47. The Morgan fingerprint density at radius 2 is 2.06 bits per heavy atom. The second-order valence-corrected chi connectivity index (χ2v) is 2.93. The van der Waals surface area contributed by atoms with Gasteiger partial charge in [0.05, 0.1) is 12.5 Å². The number of aliphatic carboxylic acids is 1. The van der Waals surface area contributed by atoms with Crippen LogP contribution in [0.2, 0.25) is 0 Å². The first-order valence-electron chi connectivity index (χ1n) is 4.59. The summed E-state index contributed by atoms with van der Waals surface area (Å²) in [6, 6.07) is 9.05. The second kappa shape index (κ2) is 6.06. The zero-order valence-corrected chi connectivity index (χ0v) is 8.47. The lowest BCUT2D eigenvalue weighted by Crippen LogP contribution is -1.85. The van der Waals surface area contributed by atoms with E-state index in [-0.39, 0.29) is 6.42 Å². The lowest BCUT2D eigenvalue weighted by Gasteiger charge is -1.92. The molecule has 0 unspecified atom stereocenters. The minimum atomic E-state index is -0.974. The van der Waals surface area contributed by atoms with Crippen molar-refractivity contribution in [2.45, 2.75) is 6.42 Å². The Labute approximate surface area is 93.6 Å². The summed E-state index contributed by atoms with van der Waals surface area (Å²) < 4.78 is 0. The van der Waals surface area contributed by atoms with Crippen molar-refractivity contribution in [2.75, 3.05) is 0 Å². The topological polar surface area (TPSA) is 61.1 Å². The highest BCUT2D eigenvalue weighted by atomic mass is 16.4. The number of carboxylic acid groups (broad SMARTS) is 1. The summed E-state index contributed by atoms with van der Waals surface area (Å²) in [5.74, 6) is 4.55. The molecule has 0 amide bonds. The van der Waals surface area contributed by atoms with Gasteiger partial charge in [0.2, 0.25) is 0 Å². The van der Waals surface area contributed by atoms with E-state index >= 15 is 0 Å². The predicted molar refractivity (Wildman–Crippen MR) is 60.2 cm³/mol. The van der Waals surface area contributed by atoms with Crippen LogP contribution >= 0.6 is 0 Å². The maximum absolute atomic E-state index is 10.3. The van der Waals surface area contributed by atoms with Crippen molar-refractivity contribution in [2.24, 2.45) is 0 Å². The smallest absolute Gasteiger partial charge is 0.328 e. The van der Waals surface area contributed by atoms with Gasteiger partial charge in [0.25, 0.3) is 0 Å². The number of carbonyl (C=O) groups is 1. The molecule has 3 nitrogen and oxygen atoms in total. The zero-order chi connectivity index (χ0) is 11.8. The fourth-order valence-corrected chi connectivity index (χ4v) is 1.03. The molecular formula is C13H9NO2. The molecule has 16 heavy (non-hydrogen) atoms. The average molecular weight is 211 g/mol. The van der Waals surface area contributed by atoms with E-state index in [2.05, 4.69) is 11.8 Å². The Kier molecular flexibility index (Phi) is 4.37. The molecule has 78 valence electrons. The van der Waals surface area contributed by atoms with Crippen LogP contribution in [0.15, 0.2) is 30.3 Å². The summed E-state index contributed by atoms with van der Waals surface area (Å²) in [4.78, 5) is 10.3. The molecule has 3 heteroatoms. The molecule has 0 saturated carbocycles. The number of benzene rings is 1. The largest absolute Gasteiger partial charge is 0.478 e. The van der Waals surface area contributed by atoms with Crippen molar-refractivity contribution in [1.29, 1.82) is 5.26 Å². The van der Waals surface area contributed by atoms with Crippen LogP contribution in [0.3, 0.4) is 0 Å². The van der Waals surface area contributed by atoms with Crippen LogP contribution in [0, 0.1) is 23.2 Å². The highest BCUT2D eigenvalue weighted by Crippen LogP contribution is 2.05. The van der Waals surface area contributed by atoms with Crippen LogP contribution in [-0.2, 0) is 4.79 Å². The maximum Gasteiger partial charge on any atom is 0.328 e. The molecule has 0 aliphatic rings. The Hall–Kier alpha value is -2.52. The van der Waals surface area contributed by atoms with Gasteiger partial charge in [-0.15, -0.1) is 0 Å². The van der Waals surface area contributed by atoms with Gasteiger partial charge in [0.15, 0.2) is 0 Å². The van der Waals surface area contributed by atoms with Gasteiger partial charge in [0, 0.05) is 11.6 Å². The molecule has 0 atom stereocenters. The van der Waals surface area contributed by atoms with E-state index in [9.17, 15) is 4.79 Å². The standard InChI is InChI=1S/C13H9NO2/c14-10-2-1-3-11-4-6-12(7-5-11)8-9-13(15)16/h4-9H,2H2,(H,15,16)/b9-8+. The van der Waals surface area contributed by atoms with E-state index < -0.39 is 5.97 Å². The Bertz CT molecular complexity index is 495. The van der Waals surface area contributed by atoms with E-state index in [0.717, 1.165) is 17.2 Å². The van der Waals surface area contributed by atoms with E-state index in [1.54, 1.807) is 24.3 Å². The summed E-state index contributed by atoms with van der Waals surface area (Å²) >= 11 is 0. The number of nitriles is 1. The monoisotopic (exact) mass is 211 g/mol. The lowest BCUT2D eigenvalue weighted by molar-refractivity contribution is -0.131. The third kappa shape index (κ3) is 4.13. The molecule has 0 bridgehead atoms. The molecule has 0 saturated heterocycles. The fourth-order valence-electron chi connectivity index (χ4n) is 1.03. The maximum atomic E-state index is 10.3. The second-order valence-electron chi connectivity index (χ2n) is 2.93. The van der Waals surface area contributed by atoms with Crippen LogP contribution in [0.1, 0.15) is 17.5 Å². The van der Waals surface area contributed by atoms with Gasteiger partial charge in [-0.05, 0) is 23.8 Å². The first kappa shape index (κ1) is 11.6. The lowest BCUT2D eigenvalue weighted by atomic mass is 10.1. The number of rotatable bonds is 2. The van der Waals surface area contributed by atoms with Gasteiger partial charge in [-0.3, -0.25) is 0 Å². The van der Waals surface area contributed by atoms with Crippen molar-refractivity contribution in [3.8, 4) is 17.9 Å². The number of carboxylic acids is 1. The Balaban J connectivity index is 2.73. The summed E-state index contributed by atoms with van der Waals surface area (Å²) in [6.07, 6.45) is 2.80. The number of hydrogen-bond acceptors (Lipinski definition) is 2. The SMILES string of the molecule is N#CCC#Cc1ccc(/C=C/C(=O)O)cc1. The van der Waals surface area contributed by atoms with Crippen LogP contribution in [0.25, 0.3) is 6.08 Å². The van der Waals surface area contributed by atoms with Gasteiger partial charge in [-0.2, -0.15) is 5.26 Å². The minimum absolute atomic E-state index is 0.209. The molecule has 1 aromatic carbocycles. The van der Waals surface area contributed by atoms with E-state index in [1.807, 2.05) is 6.07 Å². The van der Waals surface area contributed by atoms with E-state index in [1.165, 1.54) is 6.08 Å². The summed E-state index contributed by atoms with van der Waals surface area (Å²) in [6.45, 7) is 0. The normalized spacial score (nSPS) is 9.19. The molecule has 1 N–H and O–H groups in total. The molecule has 0 heterocycles. The van der Waals surface area contributed by atoms with Crippen molar-refractivity contribution in [3.63, 3.8) is 0 Å². The van der Waals surface area contributed by atoms with Gasteiger partial charge in [-0.25, -0.2) is 4.79 Å². The quantitative estimate of drug-likeness (QED) is 0.601. The van der Waals surface area contributed by atoms with Gasteiger partial charge < -0.3 is 5.11 Å². The van der Waals surface area contributed by atoms with Crippen molar-refractivity contribution < 1.29 is 9.90 Å². The van der Waals surface area contributed by atoms with Crippen molar-refractivity contribution in [3.05, 3.63) is 41.5 Å². The van der Waals surface area contributed by atoms with Crippen molar-refractivity contribution in [1.82, 2.24) is 0 Å². The summed E-state index contributed by atoms with van der Waals surface area (Å²) in [7, 11) is 0. The number of hydrogen-bond donors (Lipinski definition) is 1. The molecule has 0 radical (unpaired) electrons. The average Bonchev–Trinajstić information content (AvgIpc) is 2.28. The van der Waals surface area contributed by atoms with Crippen LogP contribution in [-0.4, -0.2) is 11.1 Å². The third-order valence-electron chi connectivity index (χ3n) is 1.73. The summed E-state index contributed by atoms with van der Waals surface area (Å²) in [5.41, 5.74) is 1.61. The first-order valence-corrected chi connectivity index (χ1v) is 4.59. The van der Waals surface area contributed by atoms with E-state index in [0.29, 0.717) is 0 Å². The molecular weight excluding hydrogens is 202 g/mol. The molecule has 0 aliphatic heterocycles. The predicted octanol–water partition coefficient (Wildman–Crippen LogP) is 2.05. The Morgan fingerprint density at radius 3 is 2.62 bits per heavy atom. The number of nitrogens with zero attached hydrogens (tertiary/aromatic N) is 1. The van der Waals surface area contributed by atoms with Gasteiger partial charge in [-0.1, -0.05) is 24.0 Å². The highest BCUT2D eigenvalue weighted by molar-refractivity contribution is 5.85. The molecule has 0 spiro atoms. The molecule has 0 fully saturated rings. The van der Waals surface area contributed by atoms with Crippen LogP contribution in [0.5, 0.6) is 0 Å². The van der Waals surface area contributed by atoms with Crippen LogP contribution in [0.4, 0.5) is 0 Å². The molecule has 1 rings (SSSR count). The molecule has 0 aromatic heterocycles. The van der Waals surface area contributed by atoms with Crippen LogP contribution < -0.4 is 0 Å². The van der Waals surface area contributed by atoms with E-state index in [4.69, 9.17) is 10.4 Å². The minimum Gasteiger partial charge on any atom is -0.478 e. The summed E-state index contributed by atoms with van der Waals surface area (Å²) in [5, 5.41) is 16.7. The Morgan fingerprint density at radius 1 is 1.38 bits per heavy atom. The molecule has 0 aliphatic carbocycles. The van der Waals surface area contributed by atoms with Gasteiger partial charge >= 0.3 is 5.97 Å². The van der Waals surface area contributed by atoms with Crippen molar-refractivity contribution >= 4 is 12.0 Å². The third-order valence-corrected chi connectivity index (χ3v) is 1.73. The highest BCUT2D eigenvalue weighted by Gasteiger charge is 1.90. The molecule has 1 aromatic rings.